The largest absolute Gasteiger partial charge is 0.368 e. The zero-order chi connectivity index (χ0) is 27.0. The lowest BCUT2D eigenvalue weighted by atomic mass is 10.0. The molecule has 3 N–H and O–H groups in total. The molecule has 0 saturated carbocycles. The van der Waals surface area contributed by atoms with Crippen LogP contribution < -0.4 is 10.5 Å². The normalized spacial score (nSPS) is 15.1. The van der Waals surface area contributed by atoms with Gasteiger partial charge in [0.1, 0.15) is 22.2 Å². The average Bonchev–Trinajstić information content (AvgIpc) is 3.32. The van der Waals surface area contributed by atoms with Crippen LogP contribution in [-0.2, 0) is 10.0 Å². The number of nitrogens with two attached hydrogens (primary N) is 1. The summed E-state index contributed by atoms with van der Waals surface area (Å²) >= 11 is 0. The van der Waals surface area contributed by atoms with E-state index in [1.807, 2.05) is 11.8 Å². The van der Waals surface area contributed by atoms with Gasteiger partial charge in [-0.15, -0.1) is 0 Å². The summed E-state index contributed by atoms with van der Waals surface area (Å²) in [5, 5.41) is 4.69. The molecule has 1 saturated heterocycles. The van der Waals surface area contributed by atoms with Gasteiger partial charge < -0.3 is 10.6 Å². The van der Waals surface area contributed by atoms with Crippen molar-refractivity contribution in [3.05, 3.63) is 72.3 Å². The van der Waals surface area contributed by atoms with E-state index in [1.54, 1.807) is 16.9 Å². The monoisotopic (exact) mass is 543 g/mol. The van der Waals surface area contributed by atoms with Crippen molar-refractivity contribution in [3.8, 4) is 22.5 Å². The molecular weight excluding hydrogens is 519 g/mol. The van der Waals surface area contributed by atoms with Crippen LogP contribution in [0.5, 0.6) is 0 Å². The smallest absolute Gasteiger partial charge is 0.265 e. The summed E-state index contributed by atoms with van der Waals surface area (Å²) in [4.78, 5) is 9.45. The minimum atomic E-state index is -4.65. The highest BCUT2D eigenvalue weighted by Crippen LogP contribution is 2.36. The maximum absolute atomic E-state index is 15.9. The molecule has 198 valence electrons. The van der Waals surface area contributed by atoms with Crippen molar-refractivity contribution in [3.63, 3.8) is 0 Å². The third-order valence-electron chi connectivity index (χ3n) is 6.43. The number of halogens is 3. The van der Waals surface area contributed by atoms with E-state index in [0.717, 1.165) is 32.0 Å². The number of nitrogen functional groups attached to an aromatic ring is 1. The van der Waals surface area contributed by atoms with Crippen LogP contribution in [0.15, 0.2) is 59.8 Å². The number of hydrogen-bond acceptors (Lipinski definition) is 7. The molecule has 0 atom stereocenters. The molecule has 1 aliphatic rings. The lowest BCUT2D eigenvalue weighted by Gasteiger charge is -2.29. The Bertz CT molecular complexity index is 1600. The van der Waals surface area contributed by atoms with Gasteiger partial charge in [-0.2, -0.15) is 5.10 Å². The zero-order valence-electron chi connectivity index (χ0n) is 20.3. The Morgan fingerprint density at radius 1 is 1.05 bits per heavy atom. The Morgan fingerprint density at radius 3 is 2.55 bits per heavy atom. The highest BCUT2D eigenvalue weighted by Gasteiger charge is 2.26. The van der Waals surface area contributed by atoms with E-state index >= 15 is 4.39 Å². The number of benzene rings is 2. The molecular formula is C25H24F3N7O2S. The first-order chi connectivity index (χ1) is 18.1. The SMILES string of the molecule is CN1CCC(n2cc(-c3ccnc(N)n3)c(-c3cccc(NS(=O)(=O)c4cc(F)ccc4F)c3F)n2)CC1. The molecule has 13 heteroatoms. The average molecular weight is 544 g/mol. The zero-order valence-corrected chi connectivity index (χ0v) is 21.1. The van der Waals surface area contributed by atoms with Crippen molar-refractivity contribution in [2.75, 3.05) is 30.6 Å². The molecule has 1 fully saturated rings. The molecule has 0 aliphatic carbocycles. The van der Waals surface area contributed by atoms with Gasteiger partial charge in [-0.05, 0) is 69.4 Å². The molecule has 0 amide bonds. The summed E-state index contributed by atoms with van der Waals surface area (Å²) in [5.74, 6) is -3.03. The molecule has 1 aliphatic heterocycles. The van der Waals surface area contributed by atoms with Gasteiger partial charge in [-0.1, -0.05) is 6.07 Å². The van der Waals surface area contributed by atoms with Gasteiger partial charge in [-0.25, -0.2) is 31.6 Å². The molecule has 9 nitrogen and oxygen atoms in total. The fourth-order valence-electron chi connectivity index (χ4n) is 4.42. The van der Waals surface area contributed by atoms with Crippen LogP contribution in [-0.4, -0.2) is 53.2 Å². The summed E-state index contributed by atoms with van der Waals surface area (Å²) in [7, 11) is -2.61. The van der Waals surface area contributed by atoms with Crippen LogP contribution in [0.3, 0.4) is 0 Å². The van der Waals surface area contributed by atoms with Gasteiger partial charge in [0.25, 0.3) is 10.0 Å². The topological polar surface area (TPSA) is 119 Å². The van der Waals surface area contributed by atoms with Crippen molar-refractivity contribution < 1.29 is 21.6 Å². The van der Waals surface area contributed by atoms with Gasteiger partial charge in [-0.3, -0.25) is 9.40 Å². The first-order valence-corrected chi connectivity index (χ1v) is 13.2. The van der Waals surface area contributed by atoms with E-state index in [2.05, 4.69) is 20.0 Å². The molecule has 38 heavy (non-hydrogen) atoms. The molecule has 5 rings (SSSR count). The molecule has 0 bridgehead atoms. The Morgan fingerprint density at radius 2 is 1.82 bits per heavy atom. The van der Waals surface area contributed by atoms with Gasteiger partial charge >= 0.3 is 0 Å². The number of piperidine rings is 1. The molecule has 2 aromatic heterocycles. The Balaban J connectivity index is 1.58. The van der Waals surface area contributed by atoms with E-state index in [4.69, 9.17) is 5.73 Å². The number of likely N-dealkylation sites (tertiary alicyclic amines) is 1. The number of aromatic nitrogens is 4. The molecule has 0 radical (unpaired) electrons. The second-order valence-electron chi connectivity index (χ2n) is 9.05. The summed E-state index contributed by atoms with van der Waals surface area (Å²) in [6.07, 6.45) is 4.92. The van der Waals surface area contributed by atoms with Crippen molar-refractivity contribution in [1.29, 1.82) is 0 Å². The lowest BCUT2D eigenvalue weighted by Crippen LogP contribution is -2.31. The second kappa shape index (κ2) is 10.1. The van der Waals surface area contributed by atoms with Crippen LogP contribution in [0.1, 0.15) is 18.9 Å². The van der Waals surface area contributed by atoms with Crippen LogP contribution >= 0.6 is 0 Å². The van der Waals surface area contributed by atoms with Gasteiger partial charge in [0, 0.05) is 23.5 Å². The molecule has 0 spiro atoms. The van der Waals surface area contributed by atoms with Crippen molar-refractivity contribution in [2.24, 2.45) is 0 Å². The maximum Gasteiger partial charge on any atom is 0.265 e. The fraction of sp³-hybridized carbons (Fsp3) is 0.240. The van der Waals surface area contributed by atoms with Crippen molar-refractivity contribution in [1.82, 2.24) is 24.6 Å². The predicted molar refractivity (Wildman–Crippen MR) is 136 cm³/mol. The molecule has 0 unspecified atom stereocenters. The standard InChI is InChI=1S/C25H24F3N7O2S/c1-34-11-8-16(9-12-34)35-14-18(20-7-10-30-25(29)31-20)24(32-35)17-3-2-4-21(23(17)28)33-38(36,37)22-13-15(26)5-6-19(22)27/h2-7,10,13-14,16,33H,8-9,11-12H2,1H3,(H2,29,30,31). The Kier molecular flexibility index (Phi) is 6.80. The number of hydrogen-bond donors (Lipinski definition) is 2. The van der Waals surface area contributed by atoms with E-state index < -0.39 is 38.1 Å². The molecule has 4 aromatic rings. The molecule has 3 heterocycles. The number of sulfonamides is 1. The van der Waals surface area contributed by atoms with Crippen LogP contribution in [0.25, 0.3) is 22.5 Å². The Hall–Kier alpha value is -3.97. The van der Waals surface area contributed by atoms with E-state index in [-0.39, 0.29) is 23.2 Å². The highest BCUT2D eigenvalue weighted by atomic mass is 32.2. The first kappa shape index (κ1) is 25.7. The van der Waals surface area contributed by atoms with Crippen LogP contribution in [0, 0.1) is 17.5 Å². The summed E-state index contributed by atoms with van der Waals surface area (Å²) < 4.78 is 73.1. The first-order valence-electron chi connectivity index (χ1n) is 11.8. The Labute approximate surface area is 217 Å². The third-order valence-corrected chi connectivity index (χ3v) is 7.81. The van der Waals surface area contributed by atoms with E-state index in [0.29, 0.717) is 23.4 Å². The third kappa shape index (κ3) is 5.07. The number of rotatable bonds is 6. The van der Waals surface area contributed by atoms with E-state index in [1.165, 1.54) is 24.4 Å². The van der Waals surface area contributed by atoms with Gasteiger partial charge in [0.15, 0.2) is 5.82 Å². The van der Waals surface area contributed by atoms with Crippen LogP contribution in [0.4, 0.5) is 24.8 Å². The minimum absolute atomic E-state index is 0.0104. The van der Waals surface area contributed by atoms with Crippen molar-refractivity contribution in [2.45, 2.75) is 23.8 Å². The summed E-state index contributed by atoms with van der Waals surface area (Å²) in [6, 6.07) is 7.76. The number of nitrogens with one attached hydrogen (secondary N) is 1. The lowest BCUT2D eigenvalue weighted by molar-refractivity contribution is 0.212. The summed E-state index contributed by atoms with van der Waals surface area (Å²) in [6.45, 7) is 1.75. The molecule has 2 aromatic carbocycles. The van der Waals surface area contributed by atoms with Gasteiger partial charge in [0.05, 0.1) is 17.4 Å². The predicted octanol–water partition coefficient (Wildman–Crippen LogP) is 4.07. The van der Waals surface area contributed by atoms with Crippen LogP contribution in [0.2, 0.25) is 0 Å². The quantitative estimate of drug-likeness (QED) is 0.376. The number of nitrogens with zero attached hydrogens (tertiary/aromatic N) is 5. The maximum atomic E-state index is 15.9. The van der Waals surface area contributed by atoms with Crippen molar-refractivity contribution >= 4 is 21.7 Å². The van der Waals surface area contributed by atoms with Gasteiger partial charge in [0.2, 0.25) is 5.95 Å². The number of anilines is 2. The highest BCUT2D eigenvalue weighted by molar-refractivity contribution is 7.92. The van der Waals surface area contributed by atoms with E-state index in [9.17, 15) is 17.2 Å². The summed E-state index contributed by atoms with van der Waals surface area (Å²) in [5.41, 5.74) is 6.44. The fourth-order valence-corrected chi connectivity index (χ4v) is 5.57. The minimum Gasteiger partial charge on any atom is -0.368 e. The second-order valence-corrected chi connectivity index (χ2v) is 10.7.